The minimum atomic E-state index is -0.598. The Morgan fingerprint density at radius 2 is 1.75 bits per heavy atom. The van der Waals surface area contributed by atoms with Crippen LogP contribution in [0.5, 0.6) is 0 Å². The zero-order valence-corrected chi connectivity index (χ0v) is 11.3. The van der Waals surface area contributed by atoms with E-state index in [4.69, 9.17) is 0 Å². The summed E-state index contributed by atoms with van der Waals surface area (Å²) in [5, 5.41) is 2.98. The third-order valence-corrected chi connectivity index (χ3v) is 3.12. The monoisotopic (exact) mass is 273 g/mol. The van der Waals surface area contributed by atoms with Crippen molar-refractivity contribution in [3.05, 3.63) is 62.3 Å². The van der Waals surface area contributed by atoms with E-state index in [1.807, 2.05) is 30.3 Å². The Morgan fingerprint density at radius 1 is 1.10 bits per heavy atom. The highest BCUT2D eigenvalue weighted by molar-refractivity contribution is 5.81. The molecule has 6 heteroatoms. The Hall–Kier alpha value is -2.63. The summed E-state index contributed by atoms with van der Waals surface area (Å²) in [4.78, 5) is 34.8. The second kappa shape index (κ2) is 5.56. The molecule has 0 amide bonds. The van der Waals surface area contributed by atoms with Crippen LogP contribution in [0.15, 0.2) is 39.9 Å². The van der Waals surface area contributed by atoms with Crippen molar-refractivity contribution in [2.24, 2.45) is 14.1 Å². The highest BCUT2D eigenvalue weighted by Crippen LogP contribution is 2.08. The molecule has 6 nitrogen and oxygen atoms in total. The molecule has 0 aliphatic heterocycles. The molecule has 0 unspecified atom stereocenters. The molecule has 0 atom stereocenters. The lowest BCUT2D eigenvalue weighted by atomic mass is 10.2. The number of anilines is 1. The minimum absolute atomic E-state index is 0.0504. The fourth-order valence-corrected chi connectivity index (χ4v) is 1.97. The molecule has 2 rings (SSSR count). The summed E-state index contributed by atoms with van der Waals surface area (Å²) in [5.41, 5.74) is -0.141. The van der Waals surface area contributed by atoms with Crippen LogP contribution in [-0.4, -0.2) is 15.4 Å². The van der Waals surface area contributed by atoms with Crippen molar-refractivity contribution in [2.75, 3.05) is 5.32 Å². The van der Waals surface area contributed by atoms with Gasteiger partial charge in [0.05, 0.1) is 0 Å². The molecule has 0 aliphatic rings. The van der Waals surface area contributed by atoms with Crippen LogP contribution in [0.4, 0.5) is 5.82 Å². The normalized spacial score (nSPS) is 10.3. The van der Waals surface area contributed by atoms with Gasteiger partial charge in [-0.15, -0.1) is 0 Å². The lowest BCUT2D eigenvalue weighted by molar-refractivity contribution is 0.112. The number of rotatable bonds is 4. The summed E-state index contributed by atoms with van der Waals surface area (Å²) in [6, 6.07) is 9.50. The number of benzene rings is 1. The standard InChI is InChI=1S/C14H15N3O3/c1-16-12(15-8-10-6-4-3-5-7-10)11(9-18)13(19)17(2)14(16)20/h3-7,9,15H,8H2,1-2H3. The number of hydrogen-bond acceptors (Lipinski definition) is 4. The summed E-state index contributed by atoms with van der Waals surface area (Å²) in [6.45, 7) is 0.419. The third-order valence-electron chi connectivity index (χ3n) is 3.12. The molecule has 1 heterocycles. The number of nitrogens with one attached hydrogen (secondary N) is 1. The van der Waals surface area contributed by atoms with Crippen LogP contribution in [-0.2, 0) is 20.6 Å². The van der Waals surface area contributed by atoms with Crippen LogP contribution in [0.1, 0.15) is 15.9 Å². The van der Waals surface area contributed by atoms with E-state index in [2.05, 4.69) is 5.32 Å². The average Bonchev–Trinajstić information content (AvgIpc) is 2.48. The largest absolute Gasteiger partial charge is 0.367 e. The van der Waals surface area contributed by atoms with Gasteiger partial charge in [0.2, 0.25) is 0 Å². The molecule has 20 heavy (non-hydrogen) atoms. The maximum atomic E-state index is 11.9. The van der Waals surface area contributed by atoms with E-state index in [1.54, 1.807) is 0 Å². The van der Waals surface area contributed by atoms with Gasteiger partial charge in [-0.05, 0) is 5.56 Å². The number of hydrogen-bond donors (Lipinski definition) is 1. The first-order chi connectivity index (χ1) is 9.56. The van der Waals surface area contributed by atoms with E-state index < -0.39 is 11.2 Å². The van der Waals surface area contributed by atoms with E-state index in [0.29, 0.717) is 12.8 Å². The fraction of sp³-hybridized carbons (Fsp3) is 0.214. The van der Waals surface area contributed by atoms with Gasteiger partial charge in [0, 0.05) is 20.6 Å². The summed E-state index contributed by atoms with van der Waals surface area (Å²) < 4.78 is 2.17. The van der Waals surface area contributed by atoms with Gasteiger partial charge in [0.25, 0.3) is 5.56 Å². The van der Waals surface area contributed by atoms with Crippen LogP contribution in [0.2, 0.25) is 0 Å². The molecule has 1 aromatic carbocycles. The topological polar surface area (TPSA) is 73.1 Å². The van der Waals surface area contributed by atoms with Crippen molar-refractivity contribution in [3.63, 3.8) is 0 Å². The molecule has 0 saturated carbocycles. The van der Waals surface area contributed by atoms with Gasteiger partial charge in [-0.25, -0.2) is 4.79 Å². The first-order valence-corrected chi connectivity index (χ1v) is 6.09. The Morgan fingerprint density at radius 3 is 2.35 bits per heavy atom. The van der Waals surface area contributed by atoms with Crippen LogP contribution < -0.4 is 16.6 Å². The van der Waals surface area contributed by atoms with Crippen molar-refractivity contribution in [1.82, 2.24) is 9.13 Å². The molecule has 2 aromatic rings. The molecule has 1 N–H and O–H groups in total. The Labute approximate surface area is 115 Å². The van der Waals surface area contributed by atoms with Gasteiger partial charge >= 0.3 is 5.69 Å². The second-order valence-electron chi connectivity index (χ2n) is 4.43. The van der Waals surface area contributed by atoms with Gasteiger partial charge in [-0.2, -0.15) is 0 Å². The molecule has 0 fully saturated rings. The maximum Gasteiger partial charge on any atom is 0.332 e. The molecule has 0 aliphatic carbocycles. The van der Waals surface area contributed by atoms with E-state index in [-0.39, 0.29) is 11.4 Å². The Kier molecular flexibility index (Phi) is 3.84. The zero-order chi connectivity index (χ0) is 14.7. The molecule has 1 aromatic heterocycles. The fourth-order valence-electron chi connectivity index (χ4n) is 1.97. The van der Waals surface area contributed by atoms with Crippen LogP contribution >= 0.6 is 0 Å². The molecule has 0 saturated heterocycles. The third kappa shape index (κ3) is 2.40. The van der Waals surface area contributed by atoms with Crippen LogP contribution in [0, 0.1) is 0 Å². The highest BCUT2D eigenvalue weighted by atomic mass is 16.2. The second-order valence-corrected chi connectivity index (χ2v) is 4.43. The molecule has 0 spiro atoms. The quantitative estimate of drug-likeness (QED) is 0.824. The van der Waals surface area contributed by atoms with E-state index in [0.717, 1.165) is 10.1 Å². The first-order valence-electron chi connectivity index (χ1n) is 6.09. The van der Waals surface area contributed by atoms with E-state index >= 15 is 0 Å². The molecule has 104 valence electrons. The van der Waals surface area contributed by atoms with Gasteiger partial charge in [0.1, 0.15) is 11.4 Å². The van der Waals surface area contributed by atoms with Crippen molar-refractivity contribution in [2.45, 2.75) is 6.54 Å². The summed E-state index contributed by atoms with van der Waals surface area (Å²) in [6.07, 6.45) is 0.467. The lowest BCUT2D eigenvalue weighted by Crippen LogP contribution is -2.40. The molecular weight excluding hydrogens is 258 g/mol. The number of carbonyl (C=O) groups excluding carboxylic acids is 1. The summed E-state index contributed by atoms with van der Waals surface area (Å²) in [7, 11) is 2.86. The van der Waals surface area contributed by atoms with Gasteiger partial charge in [-0.3, -0.25) is 18.7 Å². The van der Waals surface area contributed by atoms with Crippen molar-refractivity contribution in [1.29, 1.82) is 0 Å². The maximum absolute atomic E-state index is 11.9. The number of aromatic nitrogens is 2. The van der Waals surface area contributed by atoms with E-state index in [9.17, 15) is 14.4 Å². The predicted octanol–water partition coefficient (Wildman–Crippen LogP) is 0.509. The minimum Gasteiger partial charge on any atom is -0.367 e. The Bertz CT molecular complexity index is 745. The van der Waals surface area contributed by atoms with Crippen LogP contribution in [0.3, 0.4) is 0 Å². The van der Waals surface area contributed by atoms with Crippen LogP contribution in [0.25, 0.3) is 0 Å². The van der Waals surface area contributed by atoms with Crippen molar-refractivity contribution >= 4 is 12.1 Å². The number of nitrogens with zero attached hydrogens (tertiary/aromatic N) is 2. The van der Waals surface area contributed by atoms with Gasteiger partial charge < -0.3 is 5.32 Å². The SMILES string of the molecule is Cn1c(NCc2ccccc2)c(C=O)c(=O)n(C)c1=O. The molecular formula is C14H15N3O3. The van der Waals surface area contributed by atoms with E-state index in [1.165, 1.54) is 18.7 Å². The molecule has 0 bridgehead atoms. The smallest absolute Gasteiger partial charge is 0.332 e. The van der Waals surface area contributed by atoms with Crippen molar-refractivity contribution in [3.8, 4) is 0 Å². The zero-order valence-electron chi connectivity index (χ0n) is 11.3. The summed E-state index contributed by atoms with van der Waals surface area (Å²) in [5.74, 6) is 0.233. The summed E-state index contributed by atoms with van der Waals surface area (Å²) >= 11 is 0. The average molecular weight is 273 g/mol. The predicted molar refractivity (Wildman–Crippen MR) is 76.1 cm³/mol. The number of aldehydes is 1. The first kappa shape index (κ1) is 13.8. The number of carbonyl (C=O) groups is 1. The molecule has 0 radical (unpaired) electrons. The lowest BCUT2D eigenvalue weighted by Gasteiger charge is -2.14. The van der Waals surface area contributed by atoms with Gasteiger partial charge in [0.15, 0.2) is 6.29 Å². The highest BCUT2D eigenvalue weighted by Gasteiger charge is 2.14. The Balaban J connectivity index is 2.44. The van der Waals surface area contributed by atoms with Crippen molar-refractivity contribution < 1.29 is 4.79 Å². The van der Waals surface area contributed by atoms with Gasteiger partial charge in [-0.1, -0.05) is 30.3 Å².